The first-order valence-corrected chi connectivity index (χ1v) is 6.27. The first-order chi connectivity index (χ1) is 7.66. The maximum atomic E-state index is 12.9. The lowest BCUT2D eigenvalue weighted by atomic mass is 10.0. The Hall–Kier alpha value is -0.450. The molecule has 16 heavy (non-hydrogen) atoms. The van der Waals surface area contributed by atoms with Crippen LogP contribution in [0.2, 0.25) is 0 Å². The van der Waals surface area contributed by atoms with Crippen LogP contribution in [0.15, 0.2) is 22.7 Å². The first kappa shape index (κ1) is 12.0. The van der Waals surface area contributed by atoms with Gasteiger partial charge in [-0.2, -0.15) is 0 Å². The lowest BCUT2D eigenvalue weighted by Gasteiger charge is -2.19. The summed E-state index contributed by atoms with van der Waals surface area (Å²) in [4.78, 5) is 0. The van der Waals surface area contributed by atoms with Crippen molar-refractivity contribution in [3.05, 3.63) is 34.1 Å². The third-order valence-corrected chi connectivity index (χ3v) is 3.65. The highest BCUT2D eigenvalue weighted by Crippen LogP contribution is 2.22. The molecule has 1 aliphatic rings. The van der Waals surface area contributed by atoms with E-state index in [1.165, 1.54) is 12.1 Å². The molecule has 0 spiro atoms. The monoisotopic (exact) mass is 287 g/mol. The predicted octanol–water partition coefficient (Wildman–Crippen LogP) is 2.64. The Morgan fingerprint density at radius 2 is 2.38 bits per heavy atom. The number of halogens is 2. The van der Waals surface area contributed by atoms with Crippen molar-refractivity contribution in [2.45, 2.75) is 31.4 Å². The summed E-state index contributed by atoms with van der Waals surface area (Å²) in [5, 5.41) is 0. The molecule has 2 unspecified atom stereocenters. The van der Waals surface area contributed by atoms with E-state index in [-0.39, 0.29) is 18.0 Å². The van der Waals surface area contributed by atoms with Crippen LogP contribution in [0.1, 0.15) is 18.4 Å². The van der Waals surface area contributed by atoms with Crippen LogP contribution in [0.4, 0.5) is 4.39 Å². The summed E-state index contributed by atoms with van der Waals surface area (Å²) in [6.45, 7) is 0.808. The van der Waals surface area contributed by atoms with Crippen LogP contribution in [0.3, 0.4) is 0 Å². The van der Waals surface area contributed by atoms with Gasteiger partial charge >= 0.3 is 0 Å². The van der Waals surface area contributed by atoms with E-state index in [1.807, 2.05) is 0 Å². The lowest BCUT2D eigenvalue weighted by molar-refractivity contribution is 0.0900. The zero-order chi connectivity index (χ0) is 11.5. The van der Waals surface area contributed by atoms with Crippen LogP contribution in [0.5, 0.6) is 0 Å². The van der Waals surface area contributed by atoms with Gasteiger partial charge in [0.05, 0.1) is 6.10 Å². The van der Waals surface area contributed by atoms with Crippen LogP contribution in [0.25, 0.3) is 0 Å². The van der Waals surface area contributed by atoms with E-state index in [4.69, 9.17) is 10.5 Å². The van der Waals surface area contributed by atoms with Crippen molar-refractivity contribution in [1.29, 1.82) is 0 Å². The van der Waals surface area contributed by atoms with Gasteiger partial charge in [-0.3, -0.25) is 0 Å². The Balaban J connectivity index is 2.02. The molecule has 1 aromatic rings. The van der Waals surface area contributed by atoms with E-state index >= 15 is 0 Å². The van der Waals surface area contributed by atoms with E-state index in [0.29, 0.717) is 6.42 Å². The number of ether oxygens (including phenoxy) is 1. The van der Waals surface area contributed by atoms with Gasteiger partial charge in [0.15, 0.2) is 0 Å². The van der Waals surface area contributed by atoms with Crippen molar-refractivity contribution < 1.29 is 9.13 Å². The molecule has 88 valence electrons. The van der Waals surface area contributed by atoms with Crippen molar-refractivity contribution >= 4 is 15.9 Å². The molecule has 0 amide bonds. The summed E-state index contributed by atoms with van der Waals surface area (Å²) >= 11 is 3.35. The highest BCUT2D eigenvalue weighted by atomic mass is 79.9. The molecule has 0 saturated carbocycles. The molecule has 2 atom stereocenters. The second-order valence-corrected chi connectivity index (χ2v) is 5.01. The Kier molecular flexibility index (Phi) is 3.95. The van der Waals surface area contributed by atoms with Gasteiger partial charge in [0, 0.05) is 17.1 Å². The van der Waals surface area contributed by atoms with Crippen molar-refractivity contribution in [1.82, 2.24) is 0 Å². The minimum Gasteiger partial charge on any atom is -0.377 e. The maximum absolute atomic E-state index is 12.9. The first-order valence-electron chi connectivity index (χ1n) is 5.48. The standard InChI is InChI=1S/C12H15BrFNO/c13-10-7-9(14)4-3-8(10)6-11(15)12-2-1-5-16-12/h3-4,7,11-12H,1-2,5-6,15H2. The molecule has 1 aliphatic heterocycles. The SMILES string of the molecule is NC(Cc1ccc(F)cc1Br)C1CCCO1. The molecule has 0 bridgehead atoms. The fourth-order valence-electron chi connectivity index (χ4n) is 2.01. The molecule has 1 saturated heterocycles. The number of hydrogen-bond acceptors (Lipinski definition) is 2. The second kappa shape index (κ2) is 5.25. The molecule has 1 aromatic carbocycles. The minimum atomic E-state index is -0.235. The van der Waals surface area contributed by atoms with Gasteiger partial charge in [0.25, 0.3) is 0 Å². The number of nitrogens with two attached hydrogens (primary N) is 1. The zero-order valence-electron chi connectivity index (χ0n) is 8.96. The number of benzene rings is 1. The Morgan fingerprint density at radius 1 is 1.56 bits per heavy atom. The van der Waals surface area contributed by atoms with Crippen molar-refractivity contribution in [2.24, 2.45) is 5.73 Å². The second-order valence-electron chi connectivity index (χ2n) is 4.16. The molecule has 1 heterocycles. The average Bonchev–Trinajstić information content (AvgIpc) is 2.75. The molecule has 2 N–H and O–H groups in total. The van der Waals surface area contributed by atoms with Gasteiger partial charge < -0.3 is 10.5 Å². The molecular weight excluding hydrogens is 273 g/mol. The maximum Gasteiger partial charge on any atom is 0.124 e. The van der Waals surface area contributed by atoms with E-state index < -0.39 is 0 Å². The van der Waals surface area contributed by atoms with E-state index in [1.54, 1.807) is 6.07 Å². The summed E-state index contributed by atoms with van der Waals surface area (Å²) in [5.74, 6) is -0.235. The summed E-state index contributed by atoms with van der Waals surface area (Å²) in [5.41, 5.74) is 7.11. The normalized spacial score (nSPS) is 22.3. The topological polar surface area (TPSA) is 35.2 Å². The molecule has 4 heteroatoms. The van der Waals surface area contributed by atoms with E-state index in [0.717, 1.165) is 29.5 Å². The highest BCUT2D eigenvalue weighted by molar-refractivity contribution is 9.10. The average molecular weight is 288 g/mol. The van der Waals surface area contributed by atoms with Crippen LogP contribution in [-0.4, -0.2) is 18.8 Å². The largest absolute Gasteiger partial charge is 0.377 e. The lowest BCUT2D eigenvalue weighted by Crippen LogP contribution is -2.36. The molecular formula is C12H15BrFNO. The van der Waals surface area contributed by atoms with E-state index in [2.05, 4.69) is 15.9 Å². The smallest absolute Gasteiger partial charge is 0.124 e. The molecule has 2 nitrogen and oxygen atoms in total. The van der Waals surface area contributed by atoms with E-state index in [9.17, 15) is 4.39 Å². The van der Waals surface area contributed by atoms with Crippen molar-refractivity contribution in [3.63, 3.8) is 0 Å². The Bertz CT molecular complexity index is 366. The third-order valence-electron chi connectivity index (χ3n) is 2.91. The van der Waals surface area contributed by atoms with Crippen LogP contribution >= 0.6 is 15.9 Å². The van der Waals surface area contributed by atoms with Gasteiger partial charge in [-0.25, -0.2) is 4.39 Å². The fraction of sp³-hybridized carbons (Fsp3) is 0.500. The number of rotatable bonds is 3. The summed E-state index contributed by atoms with van der Waals surface area (Å²) in [6.07, 6.45) is 2.98. The number of hydrogen-bond donors (Lipinski definition) is 1. The van der Waals surface area contributed by atoms with Crippen molar-refractivity contribution in [3.8, 4) is 0 Å². The van der Waals surface area contributed by atoms with Crippen molar-refractivity contribution in [2.75, 3.05) is 6.61 Å². The zero-order valence-corrected chi connectivity index (χ0v) is 10.5. The van der Waals surface area contributed by atoms with Gasteiger partial charge in [-0.1, -0.05) is 22.0 Å². The van der Waals surface area contributed by atoms with Gasteiger partial charge in [0.2, 0.25) is 0 Å². The molecule has 0 aliphatic carbocycles. The Morgan fingerprint density at radius 3 is 3.00 bits per heavy atom. The summed E-state index contributed by atoms with van der Waals surface area (Å²) in [7, 11) is 0. The van der Waals surface area contributed by atoms with Gasteiger partial charge in [0.1, 0.15) is 5.82 Å². The minimum absolute atomic E-state index is 0.00994. The Labute approximate surface area is 103 Å². The summed E-state index contributed by atoms with van der Waals surface area (Å²) in [6, 6.07) is 4.69. The molecule has 1 fully saturated rings. The van der Waals surface area contributed by atoms with Crippen LogP contribution < -0.4 is 5.73 Å². The highest BCUT2D eigenvalue weighted by Gasteiger charge is 2.23. The summed E-state index contributed by atoms with van der Waals surface area (Å²) < 4.78 is 19.2. The molecule has 0 aromatic heterocycles. The predicted molar refractivity (Wildman–Crippen MR) is 64.8 cm³/mol. The quantitative estimate of drug-likeness (QED) is 0.928. The van der Waals surface area contributed by atoms with Gasteiger partial charge in [-0.05, 0) is 37.0 Å². The van der Waals surface area contributed by atoms with Gasteiger partial charge in [-0.15, -0.1) is 0 Å². The molecule has 0 radical (unpaired) electrons. The van der Waals surface area contributed by atoms with Crippen LogP contribution in [-0.2, 0) is 11.2 Å². The van der Waals surface area contributed by atoms with Crippen LogP contribution in [0, 0.1) is 5.82 Å². The third kappa shape index (κ3) is 2.81. The fourth-order valence-corrected chi connectivity index (χ4v) is 2.53. The molecule has 2 rings (SSSR count).